The third-order valence-electron chi connectivity index (χ3n) is 4.30. The van der Waals surface area contributed by atoms with Crippen molar-refractivity contribution in [3.05, 3.63) is 58.5 Å². The molecule has 2 aromatic rings. The van der Waals surface area contributed by atoms with Crippen molar-refractivity contribution in [2.45, 2.75) is 26.9 Å². The normalized spacial score (nSPS) is 16.1. The highest BCUT2D eigenvalue weighted by Crippen LogP contribution is 2.37. The van der Waals surface area contributed by atoms with E-state index in [1.165, 1.54) is 6.92 Å². The highest BCUT2D eigenvalue weighted by molar-refractivity contribution is 8.19. The Balaban J connectivity index is 1.87. The van der Waals surface area contributed by atoms with Crippen LogP contribution in [-0.2, 0) is 9.59 Å². The Labute approximate surface area is 178 Å². The monoisotopic (exact) mass is 427 g/mol. The molecule has 1 atom stereocenters. The van der Waals surface area contributed by atoms with Gasteiger partial charge in [-0.25, -0.2) is 9.69 Å². The van der Waals surface area contributed by atoms with Crippen LogP contribution in [0.1, 0.15) is 25.0 Å². The maximum absolute atomic E-state index is 12.8. The Morgan fingerprint density at radius 1 is 1.17 bits per heavy atom. The minimum Gasteiger partial charge on any atom is -0.490 e. The van der Waals surface area contributed by atoms with Crippen LogP contribution in [0.3, 0.4) is 0 Å². The lowest BCUT2D eigenvalue weighted by molar-refractivity contribution is -0.144. The first kappa shape index (κ1) is 21.4. The number of aryl methyl sites for hydroxylation is 1. The van der Waals surface area contributed by atoms with Crippen LogP contribution in [0.4, 0.5) is 10.5 Å². The summed E-state index contributed by atoms with van der Waals surface area (Å²) >= 11 is 0.862. The van der Waals surface area contributed by atoms with Gasteiger partial charge in [-0.2, -0.15) is 0 Å². The molecule has 0 saturated carbocycles. The molecular weight excluding hydrogens is 406 g/mol. The first-order valence-electron chi connectivity index (χ1n) is 9.31. The average Bonchev–Trinajstić information content (AvgIpc) is 2.98. The molecule has 30 heavy (non-hydrogen) atoms. The number of amides is 2. The molecule has 8 heteroatoms. The molecule has 0 bridgehead atoms. The summed E-state index contributed by atoms with van der Waals surface area (Å²) in [6.07, 6.45) is 0.563. The summed E-state index contributed by atoms with van der Waals surface area (Å²) in [7, 11) is 0. The zero-order valence-corrected chi connectivity index (χ0v) is 17.6. The van der Waals surface area contributed by atoms with Crippen molar-refractivity contribution >= 4 is 40.6 Å². The van der Waals surface area contributed by atoms with Crippen molar-refractivity contribution in [2.75, 3.05) is 11.5 Å². The van der Waals surface area contributed by atoms with Crippen LogP contribution >= 0.6 is 11.8 Å². The number of hydrogen-bond donors (Lipinski definition) is 1. The van der Waals surface area contributed by atoms with Crippen LogP contribution in [0.15, 0.2) is 47.4 Å². The van der Waals surface area contributed by atoms with Gasteiger partial charge in [0.2, 0.25) is 0 Å². The van der Waals surface area contributed by atoms with Crippen molar-refractivity contribution in [1.82, 2.24) is 0 Å². The number of thioether (sulfide) groups is 1. The Bertz CT molecular complexity index is 1010. The fourth-order valence-electron chi connectivity index (χ4n) is 2.76. The van der Waals surface area contributed by atoms with E-state index < -0.39 is 18.0 Å². The van der Waals surface area contributed by atoms with E-state index in [1.807, 2.05) is 19.1 Å². The number of ether oxygens (including phenoxy) is 2. The molecule has 1 aliphatic heterocycles. The van der Waals surface area contributed by atoms with Gasteiger partial charge in [0.25, 0.3) is 11.1 Å². The van der Waals surface area contributed by atoms with E-state index in [9.17, 15) is 14.4 Å². The molecule has 0 radical (unpaired) electrons. The first-order chi connectivity index (χ1) is 14.3. The first-order valence-corrected chi connectivity index (χ1v) is 10.1. The van der Waals surface area contributed by atoms with Crippen molar-refractivity contribution in [1.29, 1.82) is 0 Å². The van der Waals surface area contributed by atoms with Crippen LogP contribution in [0.25, 0.3) is 6.08 Å². The third kappa shape index (κ3) is 4.65. The zero-order valence-electron chi connectivity index (χ0n) is 16.7. The molecule has 2 amide bonds. The summed E-state index contributed by atoms with van der Waals surface area (Å²) < 4.78 is 11.0. The summed E-state index contributed by atoms with van der Waals surface area (Å²) in [6.45, 7) is 5.50. The lowest BCUT2D eigenvalue weighted by Crippen LogP contribution is -2.27. The van der Waals surface area contributed by atoms with E-state index >= 15 is 0 Å². The molecule has 0 aromatic heterocycles. The highest BCUT2D eigenvalue weighted by Gasteiger charge is 2.36. The average molecular weight is 427 g/mol. The van der Waals surface area contributed by atoms with E-state index in [4.69, 9.17) is 14.6 Å². The third-order valence-corrected chi connectivity index (χ3v) is 5.17. The molecule has 2 aromatic carbocycles. The van der Waals surface area contributed by atoms with Crippen LogP contribution in [0.5, 0.6) is 11.5 Å². The molecule has 0 spiro atoms. The van der Waals surface area contributed by atoms with Gasteiger partial charge < -0.3 is 14.6 Å². The lowest BCUT2D eigenvalue weighted by atomic mass is 10.1. The van der Waals surface area contributed by atoms with Crippen molar-refractivity contribution in [2.24, 2.45) is 0 Å². The number of hydrogen-bond acceptors (Lipinski definition) is 6. The maximum atomic E-state index is 12.8. The second kappa shape index (κ2) is 9.04. The largest absolute Gasteiger partial charge is 0.490 e. The van der Waals surface area contributed by atoms with Gasteiger partial charge in [-0.05, 0) is 68.4 Å². The number of imide groups is 1. The molecule has 0 aliphatic carbocycles. The number of benzene rings is 2. The summed E-state index contributed by atoms with van der Waals surface area (Å²) in [6, 6.07) is 12.1. The van der Waals surface area contributed by atoms with Crippen LogP contribution in [0, 0.1) is 6.92 Å². The molecule has 1 heterocycles. The van der Waals surface area contributed by atoms with Crippen molar-refractivity contribution < 1.29 is 29.0 Å². The Kier molecular flexibility index (Phi) is 6.47. The number of aliphatic carboxylic acids is 1. The quantitative estimate of drug-likeness (QED) is 0.651. The summed E-state index contributed by atoms with van der Waals surface area (Å²) in [5, 5.41) is 8.68. The van der Waals surface area contributed by atoms with Gasteiger partial charge >= 0.3 is 5.97 Å². The Morgan fingerprint density at radius 2 is 1.87 bits per heavy atom. The fourth-order valence-corrected chi connectivity index (χ4v) is 3.60. The number of carbonyl (C=O) groups excluding carboxylic acids is 2. The van der Waals surface area contributed by atoms with Gasteiger partial charge in [0.05, 0.1) is 17.2 Å². The van der Waals surface area contributed by atoms with Gasteiger partial charge in [0.1, 0.15) is 0 Å². The van der Waals surface area contributed by atoms with E-state index in [0.717, 1.165) is 22.2 Å². The molecule has 1 N–H and O–H groups in total. The molecule has 1 aliphatic rings. The number of rotatable bonds is 7. The second-order valence-corrected chi connectivity index (χ2v) is 7.58. The fraction of sp³-hybridized carbons (Fsp3) is 0.227. The van der Waals surface area contributed by atoms with Crippen LogP contribution < -0.4 is 14.4 Å². The molecule has 1 saturated heterocycles. The number of carboxylic acids is 1. The molecule has 3 rings (SSSR count). The lowest BCUT2D eigenvalue weighted by Gasteiger charge is -2.15. The SMILES string of the molecule is CCOc1cc(/C=C2/SC(=O)N(c3ccc(C)cc3)C2=O)ccc1OC(C)C(=O)O. The zero-order chi connectivity index (χ0) is 21.8. The summed E-state index contributed by atoms with van der Waals surface area (Å²) in [4.78, 5) is 37.7. The number of anilines is 1. The van der Waals surface area contributed by atoms with Gasteiger partial charge in [0, 0.05) is 0 Å². The van der Waals surface area contributed by atoms with Crippen LogP contribution in [0.2, 0.25) is 0 Å². The van der Waals surface area contributed by atoms with Gasteiger partial charge in [-0.3, -0.25) is 9.59 Å². The smallest absolute Gasteiger partial charge is 0.344 e. The number of carboxylic acid groups (broad SMARTS) is 1. The minimum absolute atomic E-state index is 0.288. The highest BCUT2D eigenvalue weighted by atomic mass is 32.2. The minimum atomic E-state index is -1.09. The summed E-state index contributed by atoms with van der Waals surface area (Å²) in [5.41, 5.74) is 2.18. The molecule has 1 fully saturated rings. The van der Waals surface area contributed by atoms with Gasteiger partial charge in [-0.1, -0.05) is 23.8 Å². The van der Waals surface area contributed by atoms with Crippen molar-refractivity contribution in [3.8, 4) is 11.5 Å². The van der Waals surface area contributed by atoms with E-state index in [2.05, 4.69) is 0 Å². The Hall–Kier alpha value is -3.26. The molecule has 156 valence electrons. The van der Waals surface area contributed by atoms with Crippen molar-refractivity contribution in [3.63, 3.8) is 0 Å². The topological polar surface area (TPSA) is 93.1 Å². The van der Waals surface area contributed by atoms with Gasteiger partial charge in [0.15, 0.2) is 17.6 Å². The number of nitrogens with zero attached hydrogens (tertiary/aromatic N) is 1. The predicted octanol–water partition coefficient (Wildman–Crippen LogP) is 4.49. The molecular formula is C22H21NO6S. The van der Waals surface area contributed by atoms with E-state index in [0.29, 0.717) is 23.6 Å². The van der Waals surface area contributed by atoms with E-state index in [-0.39, 0.29) is 15.9 Å². The number of carbonyl (C=O) groups is 3. The summed E-state index contributed by atoms with van der Waals surface area (Å²) in [5.74, 6) is -0.841. The molecule has 1 unspecified atom stereocenters. The van der Waals surface area contributed by atoms with E-state index in [1.54, 1.807) is 43.3 Å². The van der Waals surface area contributed by atoms with Gasteiger partial charge in [-0.15, -0.1) is 0 Å². The maximum Gasteiger partial charge on any atom is 0.344 e. The Morgan fingerprint density at radius 3 is 2.50 bits per heavy atom. The second-order valence-electron chi connectivity index (χ2n) is 6.59. The molecule has 7 nitrogen and oxygen atoms in total. The standard InChI is InChI=1S/C22H21NO6S/c1-4-28-18-11-15(7-10-17(18)29-14(3)21(25)26)12-19-20(24)23(22(27)30-19)16-8-5-13(2)6-9-16/h5-12,14H,4H2,1-3H3,(H,25,26)/b19-12+. The van der Waals surface area contributed by atoms with Crippen LogP contribution in [-0.4, -0.2) is 34.9 Å². The predicted molar refractivity (Wildman–Crippen MR) is 115 cm³/mol.